The van der Waals surface area contributed by atoms with Crippen molar-refractivity contribution in [3.05, 3.63) is 41.1 Å². The van der Waals surface area contributed by atoms with Crippen LogP contribution in [0.4, 0.5) is 0 Å². The first-order valence-corrected chi connectivity index (χ1v) is 9.41. The number of amides is 1. The Balaban J connectivity index is 1.39. The van der Waals surface area contributed by atoms with Gasteiger partial charge in [-0.05, 0) is 25.5 Å². The third kappa shape index (κ3) is 3.80. The van der Waals surface area contributed by atoms with Gasteiger partial charge in [0.1, 0.15) is 12.0 Å². The molecule has 1 fully saturated rings. The van der Waals surface area contributed by atoms with Crippen LogP contribution in [-0.2, 0) is 6.61 Å². The second-order valence-corrected chi connectivity index (χ2v) is 7.69. The number of carbonyl (C=O) groups is 1. The number of oxazole rings is 1. The van der Waals surface area contributed by atoms with Crippen molar-refractivity contribution in [3.63, 3.8) is 0 Å². The number of aromatic nitrogens is 2. The Kier molecular flexibility index (Phi) is 4.81. The van der Waals surface area contributed by atoms with Crippen LogP contribution >= 0.6 is 11.3 Å². The van der Waals surface area contributed by atoms with Gasteiger partial charge in [-0.2, -0.15) is 0 Å². The maximum Gasteiger partial charge on any atom is 0.275 e. The summed E-state index contributed by atoms with van der Waals surface area (Å²) in [5.41, 5.74) is 1.03. The summed E-state index contributed by atoms with van der Waals surface area (Å²) >= 11 is 1.62. The van der Waals surface area contributed by atoms with Gasteiger partial charge in [-0.3, -0.25) is 4.79 Å². The van der Waals surface area contributed by atoms with Gasteiger partial charge in [0.05, 0.1) is 27.4 Å². The Morgan fingerprint density at radius 2 is 2.22 bits per heavy atom. The van der Waals surface area contributed by atoms with E-state index in [1.807, 2.05) is 25.1 Å². The molecule has 8 nitrogen and oxygen atoms in total. The molecule has 1 aromatic carbocycles. The van der Waals surface area contributed by atoms with Crippen molar-refractivity contribution >= 4 is 27.5 Å². The first kappa shape index (κ1) is 17.9. The van der Waals surface area contributed by atoms with Crippen LogP contribution in [0, 0.1) is 6.92 Å². The number of likely N-dealkylation sites (tertiary alicyclic amines) is 1. The van der Waals surface area contributed by atoms with Gasteiger partial charge < -0.3 is 24.3 Å². The molecule has 142 valence electrons. The molecule has 2 N–H and O–H groups in total. The molecule has 0 radical (unpaired) electrons. The number of hydrogen-bond acceptors (Lipinski definition) is 8. The lowest BCUT2D eigenvalue weighted by atomic mass is 10.0. The maximum atomic E-state index is 12.5. The van der Waals surface area contributed by atoms with Gasteiger partial charge in [0.25, 0.3) is 5.91 Å². The van der Waals surface area contributed by atoms with E-state index in [-0.39, 0.29) is 30.6 Å². The summed E-state index contributed by atoms with van der Waals surface area (Å²) in [7, 11) is 0. The molecular weight excluding hydrogens is 370 g/mol. The van der Waals surface area contributed by atoms with E-state index < -0.39 is 12.2 Å². The summed E-state index contributed by atoms with van der Waals surface area (Å²) < 4.78 is 12.1. The number of β-amino-alcohol motifs (C(OH)–C–C–N with tert-alkyl or cyclic N) is 1. The molecule has 4 rings (SSSR count). The van der Waals surface area contributed by atoms with Gasteiger partial charge in [0.15, 0.2) is 12.3 Å². The van der Waals surface area contributed by atoms with Gasteiger partial charge in [0.2, 0.25) is 5.89 Å². The van der Waals surface area contributed by atoms with Crippen molar-refractivity contribution in [2.45, 2.75) is 32.2 Å². The quantitative estimate of drug-likeness (QED) is 0.699. The largest absolute Gasteiger partial charge is 0.484 e. The predicted octanol–water partition coefficient (Wildman–Crippen LogP) is 1.74. The lowest BCUT2D eigenvalue weighted by Gasteiger charge is -2.32. The number of ether oxygens (including phenoxy) is 1. The SMILES string of the molecule is Cc1nc2cc(OCc3nc(C(=O)N4CC[C@H](O)[C@@H](O)C4)co3)ccc2s1. The molecule has 1 amide bonds. The molecule has 0 aliphatic carbocycles. The fourth-order valence-corrected chi connectivity index (χ4v) is 3.81. The number of benzene rings is 1. The van der Waals surface area contributed by atoms with Crippen molar-refractivity contribution in [2.24, 2.45) is 0 Å². The fourth-order valence-electron chi connectivity index (χ4n) is 3.00. The summed E-state index contributed by atoms with van der Waals surface area (Å²) in [6.07, 6.45) is -0.124. The molecule has 2 aromatic heterocycles. The van der Waals surface area contributed by atoms with Crippen LogP contribution in [-0.4, -0.2) is 56.3 Å². The second-order valence-electron chi connectivity index (χ2n) is 6.45. The van der Waals surface area contributed by atoms with E-state index in [1.54, 1.807) is 11.3 Å². The molecule has 3 aromatic rings. The van der Waals surface area contributed by atoms with Crippen LogP contribution in [0.3, 0.4) is 0 Å². The van der Waals surface area contributed by atoms with Crippen molar-refractivity contribution in [3.8, 4) is 5.75 Å². The van der Waals surface area contributed by atoms with E-state index in [2.05, 4.69) is 9.97 Å². The summed E-state index contributed by atoms with van der Waals surface area (Å²) in [5.74, 6) is 0.591. The van der Waals surface area contributed by atoms with Crippen molar-refractivity contribution < 1.29 is 24.2 Å². The highest BCUT2D eigenvalue weighted by atomic mass is 32.1. The monoisotopic (exact) mass is 389 g/mol. The summed E-state index contributed by atoms with van der Waals surface area (Å²) in [6, 6.07) is 5.67. The molecular formula is C18H19N3O5S. The zero-order valence-corrected chi connectivity index (χ0v) is 15.5. The highest BCUT2D eigenvalue weighted by Crippen LogP contribution is 2.26. The zero-order valence-electron chi connectivity index (χ0n) is 14.7. The number of hydrogen-bond donors (Lipinski definition) is 2. The Hall–Kier alpha value is -2.49. The summed E-state index contributed by atoms with van der Waals surface area (Å²) in [4.78, 5) is 22.5. The van der Waals surface area contributed by atoms with Gasteiger partial charge in [-0.1, -0.05) is 0 Å². The smallest absolute Gasteiger partial charge is 0.275 e. The topological polar surface area (TPSA) is 109 Å². The standard InChI is InChI=1S/C18H19N3O5S/c1-10-19-12-6-11(2-3-16(12)27-10)25-9-17-20-13(8-26-17)18(24)21-5-4-14(22)15(23)7-21/h2-3,6,8,14-15,22-23H,4-5,7,9H2,1H3/t14-,15-/m0/s1. The van der Waals surface area contributed by atoms with E-state index in [0.29, 0.717) is 18.7 Å². The van der Waals surface area contributed by atoms with Crippen molar-refractivity contribution in [2.75, 3.05) is 13.1 Å². The van der Waals surface area contributed by atoms with Crippen LogP contribution in [0.15, 0.2) is 28.9 Å². The average Bonchev–Trinajstić information content (AvgIpc) is 3.26. The molecule has 1 aliphatic rings. The number of aryl methyl sites for hydroxylation is 1. The number of thiazole rings is 1. The number of aliphatic hydroxyl groups excluding tert-OH is 2. The first-order valence-electron chi connectivity index (χ1n) is 8.59. The van der Waals surface area contributed by atoms with Gasteiger partial charge in [0, 0.05) is 19.2 Å². The summed E-state index contributed by atoms with van der Waals surface area (Å²) in [6.45, 7) is 2.48. The normalized spacial score (nSPS) is 20.2. The number of carbonyl (C=O) groups excluding carboxylic acids is 1. The van der Waals surface area contributed by atoms with E-state index in [9.17, 15) is 15.0 Å². The van der Waals surface area contributed by atoms with Crippen molar-refractivity contribution in [1.29, 1.82) is 0 Å². The highest BCUT2D eigenvalue weighted by Gasteiger charge is 2.30. The van der Waals surface area contributed by atoms with Gasteiger partial charge in [-0.15, -0.1) is 11.3 Å². The molecule has 9 heteroatoms. The van der Waals surface area contributed by atoms with E-state index in [0.717, 1.165) is 15.2 Å². The average molecular weight is 389 g/mol. The Morgan fingerprint density at radius 3 is 3.04 bits per heavy atom. The van der Waals surface area contributed by atoms with E-state index in [4.69, 9.17) is 9.15 Å². The number of nitrogens with zero attached hydrogens (tertiary/aromatic N) is 3. The first-order chi connectivity index (χ1) is 13.0. The van der Waals surface area contributed by atoms with Crippen LogP contribution in [0.2, 0.25) is 0 Å². The number of aliphatic hydroxyl groups is 2. The predicted molar refractivity (Wildman–Crippen MR) is 97.7 cm³/mol. The minimum atomic E-state index is -0.943. The van der Waals surface area contributed by atoms with Crippen molar-refractivity contribution in [1.82, 2.24) is 14.9 Å². The maximum absolute atomic E-state index is 12.5. The molecule has 0 unspecified atom stereocenters. The highest BCUT2D eigenvalue weighted by molar-refractivity contribution is 7.18. The van der Waals surface area contributed by atoms with Crippen LogP contribution in [0.5, 0.6) is 5.75 Å². The van der Waals surface area contributed by atoms with Crippen LogP contribution in [0.25, 0.3) is 10.2 Å². The van der Waals surface area contributed by atoms with Crippen LogP contribution < -0.4 is 4.74 Å². The lowest BCUT2D eigenvalue weighted by molar-refractivity contribution is -0.0323. The minimum absolute atomic E-state index is 0.0752. The van der Waals surface area contributed by atoms with Crippen LogP contribution in [0.1, 0.15) is 27.8 Å². The Labute approximate surface area is 159 Å². The fraction of sp³-hybridized carbons (Fsp3) is 0.389. The Morgan fingerprint density at radius 1 is 1.37 bits per heavy atom. The molecule has 2 atom stereocenters. The molecule has 0 bridgehead atoms. The third-order valence-electron chi connectivity index (χ3n) is 4.43. The third-order valence-corrected chi connectivity index (χ3v) is 5.38. The molecule has 27 heavy (non-hydrogen) atoms. The molecule has 3 heterocycles. The second kappa shape index (κ2) is 7.26. The van der Waals surface area contributed by atoms with Gasteiger partial charge >= 0.3 is 0 Å². The van der Waals surface area contributed by atoms with E-state index >= 15 is 0 Å². The molecule has 0 spiro atoms. The number of rotatable bonds is 4. The number of piperidine rings is 1. The molecule has 1 aliphatic heterocycles. The lowest BCUT2D eigenvalue weighted by Crippen LogP contribution is -2.49. The van der Waals surface area contributed by atoms with Gasteiger partial charge in [-0.25, -0.2) is 9.97 Å². The zero-order chi connectivity index (χ0) is 19.0. The number of fused-ring (bicyclic) bond motifs is 1. The Bertz CT molecular complexity index is 969. The molecule has 0 saturated carbocycles. The summed E-state index contributed by atoms with van der Waals surface area (Å²) in [5, 5.41) is 20.3. The van der Waals surface area contributed by atoms with E-state index in [1.165, 1.54) is 11.2 Å². The minimum Gasteiger partial charge on any atom is -0.484 e. The molecule has 1 saturated heterocycles.